The summed E-state index contributed by atoms with van der Waals surface area (Å²) in [6, 6.07) is 28.2. The third-order valence-electron chi connectivity index (χ3n) is 7.81. The molecule has 1 aliphatic rings. The van der Waals surface area contributed by atoms with Gasteiger partial charge in [-0.3, -0.25) is 4.79 Å². The van der Waals surface area contributed by atoms with Crippen molar-refractivity contribution in [3.63, 3.8) is 0 Å². The van der Waals surface area contributed by atoms with Crippen molar-refractivity contribution in [1.82, 2.24) is 14.8 Å². The first-order valence-corrected chi connectivity index (χ1v) is 14.4. The first kappa shape index (κ1) is 26.5. The lowest BCUT2D eigenvalue weighted by Gasteiger charge is -2.43. The van der Waals surface area contributed by atoms with Gasteiger partial charge in [0.05, 0.1) is 15.2 Å². The minimum absolute atomic E-state index is 0.0809. The molecule has 5 rings (SSSR count). The van der Waals surface area contributed by atoms with Gasteiger partial charge in [0.2, 0.25) is 5.91 Å². The third-order valence-corrected chi connectivity index (χ3v) is 8.76. The molecule has 1 aromatic heterocycles. The number of rotatable bonds is 9. The minimum atomic E-state index is 0.0809. The molecule has 2 atom stereocenters. The van der Waals surface area contributed by atoms with Crippen molar-refractivity contribution in [2.75, 3.05) is 39.0 Å². The zero-order chi connectivity index (χ0) is 26.5. The monoisotopic (exact) mass is 526 g/mol. The Kier molecular flexibility index (Phi) is 8.52. The SMILES string of the molecule is Cc1nc2cc(NC(=O)CC[C@H]3CN(CC(c4ccccc4)c4ccccc4)CC[C@H]3N(C)C)ccc2s1. The highest BCUT2D eigenvalue weighted by Crippen LogP contribution is 2.31. The smallest absolute Gasteiger partial charge is 0.224 e. The molecule has 0 bridgehead atoms. The maximum absolute atomic E-state index is 12.9. The molecule has 198 valence electrons. The number of carbonyl (C=O) groups excluding carboxylic acids is 1. The molecule has 1 N–H and O–H groups in total. The molecule has 0 spiro atoms. The van der Waals surface area contributed by atoms with Gasteiger partial charge in [0, 0.05) is 37.2 Å². The van der Waals surface area contributed by atoms with E-state index in [1.54, 1.807) is 11.3 Å². The Morgan fingerprint density at radius 3 is 2.39 bits per heavy atom. The Bertz CT molecular complexity index is 1300. The maximum atomic E-state index is 12.9. The van der Waals surface area contributed by atoms with Crippen molar-refractivity contribution in [2.45, 2.75) is 38.1 Å². The van der Waals surface area contributed by atoms with E-state index >= 15 is 0 Å². The van der Waals surface area contributed by atoms with Crippen molar-refractivity contribution in [3.8, 4) is 0 Å². The van der Waals surface area contributed by atoms with E-state index < -0.39 is 0 Å². The van der Waals surface area contributed by atoms with Crippen LogP contribution in [-0.2, 0) is 4.79 Å². The van der Waals surface area contributed by atoms with Crippen molar-refractivity contribution in [3.05, 3.63) is 95.0 Å². The second kappa shape index (κ2) is 12.2. The van der Waals surface area contributed by atoms with Crippen LogP contribution in [0.4, 0.5) is 5.69 Å². The van der Waals surface area contributed by atoms with Crippen LogP contribution in [-0.4, -0.2) is 60.5 Å². The van der Waals surface area contributed by atoms with Crippen LogP contribution in [0, 0.1) is 12.8 Å². The van der Waals surface area contributed by atoms with Crippen LogP contribution < -0.4 is 5.32 Å². The van der Waals surface area contributed by atoms with Gasteiger partial charge < -0.3 is 15.1 Å². The zero-order valence-electron chi connectivity index (χ0n) is 22.6. The Labute approximate surface area is 230 Å². The highest BCUT2D eigenvalue weighted by atomic mass is 32.1. The number of fused-ring (bicyclic) bond motifs is 1. The summed E-state index contributed by atoms with van der Waals surface area (Å²) in [7, 11) is 4.35. The Balaban J connectivity index is 1.24. The molecule has 0 aliphatic carbocycles. The fourth-order valence-electron chi connectivity index (χ4n) is 5.92. The molecule has 5 nitrogen and oxygen atoms in total. The molecule has 1 fully saturated rings. The number of hydrogen-bond donors (Lipinski definition) is 1. The van der Waals surface area contributed by atoms with Gasteiger partial charge in [-0.05, 0) is 75.6 Å². The van der Waals surface area contributed by atoms with E-state index in [-0.39, 0.29) is 5.91 Å². The van der Waals surface area contributed by atoms with Crippen LogP contribution in [0.2, 0.25) is 0 Å². The Morgan fingerprint density at radius 1 is 1.05 bits per heavy atom. The summed E-state index contributed by atoms with van der Waals surface area (Å²) in [5, 5.41) is 4.16. The van der Waals surface area contributed by atoms with Crippen molar-refractivity contribution < 1.29 is 4.79 Å². The van der Waals surface area contributed by atoms with E-state index in [1.165, 1.54) is 11.1 Å². The van der Waals surface area contributed by atoms with E-state index in [1.807, 2.05) is 25.1 Å². The first-order valence-electron chi connectivity index (χ1n) is 13.6. The number of aromatic nitrogens is 1. The average Bonchev–Trinajstić information content (AvgIpc) is 3.30. The molecule has 0 unspecified atom stereocenters. The number of nitrogens with zero attached hydrogens (tertiary/aromatic N) is 3. The number of anilines is 1. The average molecular weight is 527 g/mol. The standard InChI is InChI=1S/C32H38N4OS/c1-23-33-29-20-27(15-16-31(29)38-23)34-32(37)17-14-26-21-36(19-18-30(26)35(2)3)22-28(24-10-6-4-7-11-24)25-12-8-5-9-13-25/h4-13,15-16,20,26,28,30H,14,17-19,21-22H2,1-3H3,(H,34,37)/t26-,30+/m0/s1. The molecule has 38 heavy (non-hydrogen) atoms. The largest absolute Gasteiger partial charge is 0.326 e. The summed E-state index contributed by atoms with van der Waals surface area (Å²) < 4.78 is 1.15. The van der Waals surface area contributed by atoms with Gasteiger partial charge in [-0.2, -0.15) is 0 Å². The second-order valence-corrected chi connectivity index (χ2v) is 12.0. The van der Waals surface area contributed by atoms with Crippen molar-refractivity contribution in [1.29, 1.82) is 0 Å². The number of thiazole rings is 1. The molecular weight excluding hydrogens is 488 g/mol. The van der Waals surface area contributed by atoms with E-state index in [0.717, 1.165) is 53.4 Å². The first-order chi connectivity index (χ1) is 18.5. The van der Waals surface area contributed by atoms with Crippen LogP contribution in [0.25, 0.3) is 10.2 Å². The molecule has 1 amide bonds. The van der Waals surface area contributed by atoms with Crippen LogP contribution >= 0.6 is 11.3 Å². The highest BCUT2D eigenvalue weighted by molar-refractivity contribution is 7.18. The fourth-order valence-corrected chi connectivity index (χ4v) is 6.72. The predicted octanol–water partition coefficient (Wildman–Crippen LogP) is 6.41. The quantitative estimate of drug-likeness (QED) is 0.274. The summed E-state index contributed by atoms with van der Waals surface area (Å²) in [6.07, 6.45) is 2.53. The van der Waals surface area contributed by atoms with E-state index in [4.69, 9.17) is 0 Å². The Hall–Kier alpha value is -3.06. The van der Waals surface area contributed by atoms with Gasteiger partial charge in [-0.15, -0.1) is 11.3 Å². The molecule has 6 heteroatoms. The fraction of sp³-hybridized carbons (Fsp3) is 0.375. The number of nitrogens with one attached hydrogen (secondary N) is 1. The molecular formula is C32H38N4OS. The predicted molar refractivity (Wildman–Crippen MR) is 159 cm³/mol. The topological polar surface area (TPSA) is 48.5 Å². The number of piperidine rings is 1. The van der Waals surface area contributed by atoms with Crippen molar-refractivity contribution in [2.24, 2.45) is 5.92 Å². The lowest BCUT2D eigenvalue weighted by Crippen LogP contribution is -2.49. The van der Waals surface area contributed by atoms with E-state index in [9.17, 15) is 4.79 Å². The number of hydrogen-bond acceptors (Lipinski definition) is 5. The lowest BCUT2D eigenvalue weighted by molar-refractivity contribution is -0.116. The summed E-state index contributed by atoms with van der Waals surface area (Å²) in [5.74, 6) is 0.860. The van der Waals surface area contributed by atoms with Crippen LogP contribution in [0.3, 0.4) is 0 Å². The minimum Gasteiger partial charge on any atom is -0.326 e. The molecule has 0 saturated carbocycles. The third kappa shape index (κ3) is 6.49. The molecule has 4 aromatic rings. The second-order valence-electron chi connectivity index (χ2n) is 10.7. The summed E-state index contributed by atoms with van der Waals surface area (Å²) in [4.78, 5) is 22.5. The molecule has 2 heterocycles. The van der Waals surface area contributed by atoms with E-state index in [0.29, 0.717) is 24.3 Å². The van der Waals surface area contributed by atoms with Crippen LogP contribution in [0.5, 0.6) is 0 Å². The number of amides is 1. The zero-order valence-corrected chi connectivity index (χ0v) is 23.5. The summed E-state index contributed by atoms with van der Waals surface area (Å²) in [5.41, 5.74) is 4.50. The van der Waals surface area contributed by atoms with Gasteiger partial charge in [0.1, 0.15) is 0 Å². The van der Waals surface area contributed by atoms with Gasteiger partial charge in [0.25, 0.3) is 0 Å². The number of carbonyl (C=O) groups is 1. The molecule has 1 saturated heterocycles. The maximum Gasteiger partial charge on any atom is 0.224 e. The normalized spacial score (nSPS) is 18.3. The van der Waals surface area contributed by atoms with Crippen molar-refractivity contribution >= 4 is 33.1 Å². The van der Waals surface area contributed by atoms with E-state index in [2.05, 4.69) is 94.9 Å². The van der Waals surface area contributed by atoms with Gasteiger partial charge >= 0.3 is 0 Å². The molecule has 3 aromatic carbocycles. The van der Waals surface area contributed by atoms with Gasteiger partial charge in [-0.25, -0.2) is 4.98 Å². The summed E-state index contributed by atoms with van der Waals surface area (Å²) in [6.45, 7) is 5.09. The number of benzene rings is 3. The highest BCUT2D eigenvalue weighted by Gasteiger charge is 2.32. The Morgan fingerprint density at radius 2 is 1.74 bits per heavy atom. The van der Waals surface area contributed by atoms with Gasteiger partial charge in [-0.1, -0.05) is 60.7 Å². The summed E-state index contributed by atoms with van der Waals surface area (Å²) >= 11 is 1.68. The van der Waals surface area contributed by atoms with Gasteiger partial charge in [0.15, 0.2) is 0 Å². The molecule has 1 aliphatic heterocycles. The number of aryl methyl sites for hydroxylation is 1. The number of likely N-dealkylation sites (tertiary alicyclic amines) is 1. The molecule has 0 radical (unpaired) electrons. The van der Waals surface area contributed by atoms with Crippen LogP contribution in [0.15, 0.2) is 78.9 Å². The van der Waals surface area contributed by atoms with Crippen LogP contribution in [0.1, 0.15) is 41.3 Å². The lowest BCUT2D eigenvalue weighted by atomic mass is 9.85.